The molecule has 0 saturated heterocycles. The third-order valence-electron chi connectivity index (χ3n) is 4.06. The van der Waals surface area contributed by atoms with Gasteiger partial charge in [0.15, 0.2) is 0 Å². The van der Waals surface area contributed by atoms with Crippen LogP contribution >= 0.6 is 0 Å². The number of aliphatic hydroxyl groups excluding tert-OH is 1. The summed E-state index contributed by atoms with van der Waals surface area (Å²) in [7, 11) is 0. The number of hydrogen-bond donors (Lipinski definition) is 1. The largest absolute Gasteiger partial charge is 0.396 e. The highest BCUT2D eigenvalue weighted by molar-refractivity contribution is 4.94. The van der Waals surface area contributed by atoms with E-state index in [2.05, 4.69) is 6.92 Å². The topological polar surface area (TPSA) is 20.2 Å². The molecule has 0 aliphatic heterocycles. The van der Waals surface area contributed by atoms with E-state index in [1.54, 1.807) is 0 Å². The summed E-state index contributed by atoms with van der Waals surface area (Å²) in [5.41, 5.74) is 0.391. The molecule has 0 aromatic heterocycles. The molecule has 2 rings (SSSR count). The highest BCUT2D eigenvalue weighted by Gasteiger charge is 2.43. The van der Waals surface area contributed by atoms with Gasteiger partial charge in [-0.25, -0.2) is 0 Å². The predicted octanol–water partition coefficient (Wildman–Crippen LogP) is 2.98. The second-order valence-corrected chi connectivity index (χ2v) is 5.50. The molecular formula is C12H22O. The fourth-order valence-electron chi connectivity index (χ4n) is 2.96. The highest BCUT2D eigenvalue weighted by Crippen LogP contribution is 2.52. The average molecular weight is 182 g/mol. The average Bonchev–Trinajstić information content (AvgIpc) is 2.86. The Kier molecular flexibility index (Phi) is 2.64. The van der Waals surface area contributed by atoms with Gasteiger partial charge < -0.3 is 5.11 Å². The quantitative estimate of drug-likeness (QED) is 0.711. The second kappa shape index (κ2) is 3.61. The smallest absolute Gasteiger partial charge is 0.0487 e. The van der Waals surface area contributed by atoms with E-state index in [1.807, 2.05) is 0 Å². The molecule has 2 atom stereocenters. The molecule has 0 radical (unpaired) electrons. The van der Waals surface area contributed by atoms with E-state index in [0.29, 0.717) is 12.0 Å². The molecule has 0 heterocycles. The Balaban J connectivity index is 1.80. The van der Waals surface area contributed by atoms with E-state index in [1.165, 1.54) is 44.9 Å². The summed E-state index contributed by atoms with van der Waals surface area (Å²) < 4.78 is 0. The summed E-state index contributed by atoms with van der Waals surface area (Å²) in [5.74, 6) is 1.87. The molecule has 1 nitrogen and oxygen atoms in total. The molecule has 76 valence electrons. The van der Waals surface area contributed by atoms with Gasteiger partial charge in [-0.1, -0.05) is 26.2 Å². The van der Waals surface area contributed by atoms with E-state index in [0.717, 1.165) is 11.8 Å². The van der Waals surface area contributed by atoms with E-state index >= 15 is 0 Å². The van der Waals surface area contributed by atoms with Crippen LogP contribution in [0.2, 0.25) is 0 Å². The summed E-state index contributed by atoms with van der Waals surface area (Å²) in [4.78, 5) is 0. The van der Waals surface area contributed by atoms with Crippen LogP contribution in [0.25, 0.3) is 0 Å². The Labute approximate surface area is 81.5 Å². The van der Waals surface area contributed by atoms with Gasteiger partial charge in [0, 0.05) is 6.61 Å². The highest BCUT2D eigenvalue weighted by atomic mass is 16.3. The Morgan fingerprint density at radius 2 is 2.08 bits per heavy atom. The maximum Gasteiger partial charge on any atom is 0.0487 e. The Bertz CT molecular complexity index is 172. The third kappa shape index (κ3) is 2.25. The van der Waals surface area contributed by atoms with Crippen LogP contribution in [0.5, 0.6) is 0 Å². The lowest BCUT2D eigenvalue weighted by Gasteiger charge is -2.29. The molecule has 1 N–H and O–H groups in total. The molecule has 0 amide bonds. The van der Waals surface area contributed by atoms with Crippen LogP contribution in [0.15, 0.2) is 0 Å². The minimum atomic E-state index is 0.391. The van der Waals surface area contributed by atoms with Gasteiger partial charge in [0.2, 0.25) is 0 Å². The van der Waals surface area contributed by atoms with Crippen molar-refractivity contribution in [2.45, 2.75) is 51.9 Å². The van der Waals surface area contributed by atoms with Crippen LogP contribution < -0.4 is 0 Å². The van der Waals surface area contributed by atoms with Gasteiger partial charge in [0.05, 0.1) is 0 Å². The maximum atomic E-state index is 9.25. The van der Waals surface area contributed by atoms with Crippen molar-refractivity contribution in [1.29, 1.82) is 0 Å². The molecular weight excluding hydrogens is 160 g/mol. The SMILES string of the molecule is CC1CCCC(CC2(CO)CC2)C1. The zero-order valence-electron chi connectivity index (χ0n) is 8.76. The van der Waals surface area contributed by atoms with Gasteiger partial charge in [-0.3, -0.25) is 0 Å². The molecule has 0 aromatic rings. The summed E-state index contributed by atoms with van der Waals surface area (Å²) >= 11 is 0. The van der Waals surface area contributed by atoms with E-state index < -0.39 is 0 Å². The lowest BCUT2D eigenvalue weighted by atomic mass is 9.77. The first-order chi connectivity index (χ1) is 6.24. The maximum absolute atomic E-state index is 9.25. The monoisotopic (exact) mass is 182 g/mol. The fourth-order valence-corrected chi connectivity index (χ4v) is 2.96. The molecule has 2 aliphatic rings. The molecule has 1 heteroatoms. The molecule has 2 unspecified atom stereocenters. The molecule has 0 bridgehead atoms. The van der Waals surface area contributed by atoms with E-state index in [-0.39, 0.29) is 0 Å². The number of aliphatic hydroxyl groups is 1. The van der Waals surface area contributed by atoms with Crippen molar-refractivity contribution in [3.05, 3.63) is 0 Å². The van der Waals surface area contributed by atoms with Crippen molar-refractivity contribution in [2.75, 3.05) is 6.61 Å². The first kappa shape index (κ1) is 9.51. The number of rotatable bonds is 3. The third-order valence-corrected chi connectivity index (χ3v) is 4.06. The first-order valence-electron chi connectivity index (χ1n) is 5.85. The standard InChI is InChI=1S/C12H22O/c1-10-3-2-4-11(7-10)8-12(9-13)5-6-12/h10-11,13H,2-9H2,1H3. The summed E-state index contributed by atoms with van der Waals surface area (Å²) in [6.07, 6.45) is 9.58. The molecule has 13 heavy (non-hydrogen) atoms. The van der Waals surface area contributed by atoms with Crippen LogP contribution in [0.1, 0.15) is 51.9 Å². The van der Waals surface area contributed by atoms with Crippen LogP contribution in [0.4, 0.5) is 0 Å². The lowest BCUT2D eigenvalue weighted by Crippen LogP contribution is -2.19. The van der Waals surface area contributed by atoms with Gasteiger partial charge in [0.25, 0.3) is 0 Å². The van der Waals surface area contributed by atoms with Crippen LogP contribution in [-0.2, 0) is 0 Å². The van der Waals surface area contributed by atoms with Gasteiger partial charge in [-0.15, -0.1) is 0 Å². The molecule has 0 spiro atoms. The fraction of sp³-hybridized carbons (Fsp3) is 1.00. The normalized spacial score (nSPS) is 37.4. The zero-order chi connectivity index (χ0) is 9.31. The van der Waals surface area contributed by atoms with Crippen molar-refractivity contribution in [3.63, 3.8) is 0 Å². The molecule has 2 aliphatic carbocycles. The van der Waals surface area contributed by atoms with Crippen LogP contribution in [0, 0.1) is 17.3 Å². The summed E-state index contributed by atoms with van der Waals surface area (Å²) in [6, 6.07) is 0. The van der Waals surface area contributed by atoms with Crippen LogP contribution in [-0.4, -0.2) is 11.7 Å². The summed E-state index contributed by atoms with van der Waals surface area (Å²) in [6.45, 7) is 2.82. The molecule has 2 fully saturated rings. The Hall–Kier alpha value is -0.0400. The van der Waals surface area contributed by atoms with Crippen LogP contribution in [0.3, 0.4) is 0 Å². The Morgan fingerprint density at radius 3 is 2.62 bits per heavy atom. The van der Waals surface area contributed by atoms with Gasteiger partial charge in [-0.2, -0.15) is 0 Å². The van der Waals surface area contributed by atoms with Gasteiger partial charge in [-0.05, 0) is 42.9 Å². The predicted molar refractivity (Wildman–Crippen MR) is 54.5 cm³/mol. The minimum absolute atomic E-state index is 0.391. The minimum Gasteiger partial charge on any atom is -0.396 e. The van der Waals surface area contributed by atoms with E-state index in [9.17, 15) is 5.11 Å². The van der Waals surface area contributed by atoms with Crippen molar-refractivity contribution >= 4 is 0 Å². The van der Waals surface area contributed by atoms with Gasteiger partial charge in [0.1, 0.15) is 0 Å². The Morgan fingerprint density at radius 1 is 1.31 bits per heavy atom. The molecule has 2 saturated carbocycles. The first-order valence-corrected chi connectivity index (χ1v) is 5.85. The van der Waals surface area contributed by atoms with E-state index in [4.69, 9.17) is 0 Å². The number of hydrogen-bond acceptors (Lipinski definition) is 1. The lowest BCUT2D eigenvalue weighted by molar-refractivity contribution is 0.158. The second-order valence-electron chi connectivity index (χ2n) is 5.50. The zero-order valence-corrected chi connectivity index (χ0v) is 8.76. The van der Waals surface area contributed by atoms with Gasteiger partial charge >= 0.3 is 0 Å². The van der Waals surface area contributed by atoms with Crippen molar-refractivity contribution < 1.29 is 5.11 Å². The summed E-state index contributed by atoms with van der Waals surface area (Å²) in [5, 5.41) is 9.25. The van der Waals surface area contributed by atoms with Crippen molar-refractivity contribution in [2.24, 2.45) is 17.3 Å². The van der Waals surface area contributed by atoms with Crippen molar-refractivity contribution in [1.82, 2.24) is 0 Å². The molecule has 0 aromatic carbocycles. The van der Waals surface area contributed by atoms with Crippen molar-refractivity contribution in [3.8, 4) is 0 Å².